The van der Waals surface area contributed by atoms with E-state index in [-0.39, 0.29) is 12.4 Å². The van der Waals surface area contributed by atoms with E-state index in [0.717, 1.165) is 0 Å². The summed E-state index contributed by atoms with van der Waals surface area (Å²) < 4.78 is 4.81. The molecule has 0 amide bonds. The van der Waals surface area contributed by atoms with E-state index in [9.17, 15) is 9.59 Å². The molecule has 0 aliphatic heterocycles. The van der Waals surface area contributed by atoms with Gasteiger partial charge in [0.15, 0.2) is 0 Å². The van der Waals surface area contributed by atoms with Crippen molar-refractivity contribution in [3.8, 4) is 12.3 Å². The number of ketones is 1. The molecule has 3 heteroatoms. The zero-order valence-corrected chi connectivity index (χ0v) is 9.32. The Kier molecular flexibility index (Phi) is 6.12. The Morgan fingerprint density at radius 1 is 1.53 bits per heavy atom. The zero-order valence-electron chi connectivity index (χ0n) is 9.32. The van der Waals surface area contributed by atoms with Crippen molar-refractivity contribution in [1.82, 2.24) is 0 Å². The summed E-state index contributed by atoms with van der Waals surface area (Å²) in [6.45, 7) is 5.06. The minimum absolute atomic E-state index is 0.246. The minimum Gasteiger partial charge on any atom is -0.465 e. The van der Waals surface area contributed by atoms with Gasteiger partial charge in [-0.15, -0.1) is 6.42 Å². The highest BCUT2D eigenvalue weighted by Crippen LogP contribution is 2.16. The number of allylic oxidation sites excluding steroid dienone is 2. The molecular weight excluding hydrogens is 192 g/mol. The maximum atomic E-state index is 11.5. The Morgan fingerprint density at radius 3 is 2.47 bits per heavy atom. The molecular formula is C12H16O3. The Morgan fingerprint density at radius 2 is 2.13 bits per heavy atom. The first-order chi connectivity index (χ1) is 7.08. The molecule has 0 heterocycles. The predicted molar refractivity (Wildman–Crippen MR) is 57.9 cm³/mol. The molecule has 0 saturated carbocycles. The Balaban J connectivity index is 4.87. The van der Waals surface area contributed by atoms with Crippen molar-refractivity contribution in [2.45, 2.75) is 20.8 Å². The van der Waals surface area contributed by atoms with Crippen molar-refractivity contribution in [2.75, 3.05) is 6.61 Å². The summed E-state index contributed by atoms with van der Waals surface area (Å²) in [6, 6.07) is 0. The van der Waals surface area contributed by atoms with Gasteiger partial charge in [-0.05, 0) is 20.8 Å². The highest BCUT2D eigenvalue weighted by molar-refractivity contribution is 5.98. The molecule has 0 aromatic rings. The Hall–Kier alpha value is -1.56. The fraction of sp³-hybridized carbons (Fsp3) is 0.500. The van der Waals surface area contributed by atoms with Crippen LogP contribution in [0.3, 0.4) is 0 Å². The smallest absolute Gasteiger partial charge is 0.318 e. The van der Waals surface area contributed by atoms with Gasteiger partial charge in [0.25, 0.3) is 0 Å². The summed E-state index contributed by atoms with van der Waals surface area (Å²) in [4.78, 5) is 22.8. The summed E-state index contributed by atoms with van der Waals surface area (Å²) in [5.41, 5.74) is 0. The number of Topliss-reactive ketones (excluding diaryl/α,β-unsaturated/α-hetero) is 1. The molecule has 2 unspecified atom stereocenters. The molecule has 0 aromatic heterocycles. The summed E-state index contributed by atoms with van der Waals surface area (Å²) in [5, 5.41) is 0. The van der Waals surface area contributed by atoms with Gasteiger partial charge in [-0.2, -0.15) is 0 Å². The van der Waals surface area contributed by atoms with Crippen LogP contribution in [0.15, 0.2) is 12.2 Å². The van der Waals surface area contributed by atoms with Crippen LogP contribution in [0.25, 0.3) is 0 Å². The molecule has 0 aliphatic carbocycles. The molecule has 0 N–H and O–H groups in total. The van der Waals surface area contributed by atoms with Gasteiger partial charge in [0.05, 0.1) is 12.5 Å². The standard InChI is InChI=1S/C12H16O3/c1-5-8-10(6-2)11(9(4)13)12(14)15-7-3/h2,5,8,10-11H,7H2,1,3-4H3/b8-5+. The van der Waals surface area contributed by atoms with Crippen LogP contribution in [-0.4, -0.2) is 18.4 Å². The molecule has 0 spiro atoms. The maximum absolute atomic E-state index is 11.5. The van der Waals surface area contributed by atoms with Crippen molar-refractivity contribution >= 4 is 11.8 Å². The van der Waals surface area contributed by atoms with Crippen LogP contribution < -0.4 is 0 Å². The first-order valence-electron chi connectivity index (χ1n) is 4.84. The molecule has 82 valence electrons. The minimum atomic E-state index is -0.883. The monoisotopic (exact) mass is 208 g/mol. The highest BCUT2D eigenvalue weighted by atomic mass is 16.5. The quantitative estimate of drug-likeness (QED) is 0.298. The summed E-state index contributed by atoms with van der Waals surface area (Å²) in [7, 11) is 0. The topological polar surface area (TPSA) is 43.4 Å². The van der Waals surface area contributed by atoms with Gasteiger partial charge in [0.1, 0.15) is 11.7 Å². The maximum Gasteiger partial charge on any atom is 0.318 e. The number of hydrogen-bond acceptors (Lipinski definition) is 3. The van der Waals surface area contributed by atoms with Gasteiger partial charge in [-0.1, -0.05) is 18.1 Å². The van der Waals surface area contributed by atoms with Crippen molar-refractivity contribution in [2.24, 2.45) is 11.8 Å². The van der Waals surface area contributed by atoms with Crippen LogP contribution in [0.4, 0.5) is 0 Å². The molecule has 0 bridgehead atoms. The van der Waals surface area contributed by atoms with Crippen molar-refractivity contribution in [3.05, 3.63) is 12.2 Å². The van der Waals surface area contributed by atoms with Crippen molar-refractivity contribution in [1.29, 1.82) is 0 Å². The van der Waals surface area contributed by atoms with Crippen LogP contribution >= 0.6 is 0 Å². The van der Waals surface area contributed by atoms with E-state index in [1.54, 1.807) is 26.0 Å². The van der Waals surface area contributed by atoms with E-state index in [1.165, 1.54) is 6.92 Å². The number of ether oxygens (including phenoxy) is 1. The molecule has 0 rings (SSSR count). The molecule has 0 fully saturated rings. The molecule has 0 saturated heterocycles. The molecule has 2 atom stereocenters. The number of carbonyl (C=O) groups excluding carboxylic acids is 2. The van der Waals surface area contributed by atoms with Crippen LogP contribution in [-0.2, 0) is 14.3 Å². The second kappa shape index (κ2) is 6.83. The summed E-state index contributed by atoms with van der Waals surface area (Å²) in [6.07, 6.45) is 8.65. The lowest BCUT2D eigenvalue weighted by atomic mass is 9.89. The van der Waals surface area contributed by atoms with Gasteiger partial charge in [0, 0.05) is 0 Å². The summed E-state index contributed by atoms with van der Waals surface area (Å²) in [5.74, 6) is 0.191. The normalized spacial score (nSPS) is 14.3. The molecule has 0 aromatic carbocycles. The number of terminal acetylenes is 1. The Bertz CT molecular complexity index is 296. The third kappa shape index (κ3) is 3.99. The fourth-order valence-electron chi connectivity index (χ4n) is 1.27. The molecule has 15 heavy (non-hydrogen) atoms. The Labute approximate surface area is 90.5 Å². The van der Waals surface area contributed by atoms with Gasteiger partial charge in [-0.3, -0.25) is 9.59 Å². The van der Waals surface area contributed by atoms with Gasteiger partial charge >= 0.3 is 5.97 Å². The van der Waals surface area contributed by atoms with E-state index in [1.807, 2.05) is 0 Å². The fourth-order valence-corrected chi connectivity index (χ4v) is 1.27. The highest BCUT2D eigenvalue weighted by Gasteiger charge is 2.30. The van der Waals surface area contributed by atoms with Gasteiger partial charge < -0.3 is 4.74 Å². The van der Waals surface area contributed by atoms with Crippen molar-refractivity contribution in [3.63, 3.8) is 0 Å². The zero-order chi connectivity index (χ0) is 11.8. The third-order valence-corrected chi connectivity index (χ3v) is 1.93. The van der Waals surface area contributed by atoms with Crippen molar-refractivity contribution < 1.29 is 14.3 Å². The first kappa shape index (κ1) is 13.4. The van der Waals surface area contributed by atoms with E-state index in [0.29, 0.717) is 0 Å². The van der Waals surface area contributed by atoms with Gasteiger partial charge in [0.2, 0.25) is 0 Å². The number of esters is 1. The average molecular weight is 208 g/mol. The first-order valence-corrected chi connectivity index (χ1v) is 4.84. The lowest BCUT2D eigenvalue weighted by Crippen LogP contribution is -2.30. The van der Waals surface area contributed by atoms with Crippen LogP contribution in [0, 0.1) is 24.2 Å². The molecule has 0 radical (unpaired) electrons. The van der Waals surface area contributed by atoms with Crippen LogP contribution in [0.5, 0.6) is 0 Å². The average Bonchev–Trinajstić information content (AvgIpc) is 2.16. The lowest BCUT2D eigenvalue weighted by molar-refractivity contribution is -0.151. The number of hydrogen-bond donors (Lipinski definition) is 0. The van der Waals surface area contributed by atoms with E-state index < -0.39 is 17.8 Å². The van der Waals surface area contributed by atoms with E-state index in [4.69, 9.17) is 11.2 Å². The number of carbonyl (C=O) groups is 2. The lowest BCUT2D eigenvalue weighted by Gasteiger charge is -2.15. The summed E-state index contributed by atoms with van der Waals surface area (Å²) >= 11 is 0. The number of rotatable bonds is 5. The van der Waals surface area contributed by atoms with E-state index >= 15 is 0 Å². The van der Waals surface area contributed by atoms with Gasteiger partial charge in [-0.25, -0.2) is 0 Å². The molecule has 0 aliphatic rings. The second-order valence-corrected chi connectivity index (χ2v) is 3.06. The second-order valence-electron chi connectivity index (χ2n) is 3.06. The van der Waals surface area contributed by atoms with Crippen LogP contribution in [0.1, 0.15) is 20.8 Å². The molecule has 3 nitrogen and oxygen atoms in total. The van der Waals surface area contributed by atoms with E-state index in [2.05, 4.69) is 5.92 Å². The largest absolute Gasteiger partial charge is 0.465 e. The SMILES string of the molecule is C#CC(/C=C/C)C(C(C)=O)C(=O)OCC. The van der Waals surface area contributed by atoms with Crippen LogP contribution in [0.2, 0.25) is 0 Å². The predicted octanol–water partition coefficient (Wildman–Crippen LogP) is 1.58. The third-order valence-electron chi connectivity index (χ3n) is 1.93.